The Labute approximate surface area is 129 Å². The van der Waals surface area contributed by atoms with Crippen molar-refractivity contribution in [3.05, 3.63) is 65.0 Å². The highest BCUT2D eigenvalue weighted by Crippen LogP contribution is 2.37. The fraction of sp³-hybridized carbons (Fsp3) is 0.333. The van der Waals surface area contributed by atoms with Gasteiger partial charge in [-0.2, -0.15) is 0 Å². The van der Waals surface area contributed by atoms with Gasteiger partial charge in [0, 0.05) is 12.4 Å². The van der Waals surface area contributed by atoms with Crippen molar-refractivity contribution in [1.29, 1.82) is 0 Å². The van der Waals surface area contributed by atoms with Crippen molar-refractivity contribution in [3.63, 3.8) is 0 Å². The molecular weight excluding hydrogens is 278 g/mol. The first-order valence-corrected chi connectivity index (χ1v) is 7.54. The van der Waals surface area contributed by atoms with E-state index in [9.17, 15) is 9.90 Å². The molecule has 4 nitrogen and oxygen atoms in total. The number of hydrogen-bond donors (Lipinski definition) is 1. The van der Waals surface area contributed by atoms with E-state index in [1.807, 2.05) is 36.5 Å². The zero-order valence-electron chi connectivity index (χ0n) is 12.5. The molecule has 4 heteroatoms. The van der Waals surface area contributed by atoms with Gasteiger partial charge in [-0.15, -0.1) is 0 Å². The zero-order chi connectivity index (χ0) is 15.5. The molecule has 1 aromatic carbocycles. The predicted molar refractivity (Wildman–Crippen MR) is 82.3 cm³/mol. The minimum Gasteiger partial charge on any atom is -0.466 e. The molecule has 3 rings (SSSR count). The lowest BCUT2D eigenvalue weighted by molar-refractivity contribution is -0.151. The minimum atomic E-state index is -0.775. The molecule has 22 heavy (non-hydrogen) atoms. The van der Waals surface area contributed by atoms with Crippen LogP contribution in [0.3, 0.4) is 0 Å². The molecule has 0 bridgehead atoms. The largest absolute Gasteiger partial charge is 0.466 e. The molecule has 0 radical (unpaired) electrons. The highest BCUT2D eigenvalue weighted by atomic mass is 16.5. The lowest BCUT2D eigenvalue weighted by atomic mass is 10.0. The van der Waals surface area contributed by atoms with Gasteiger partial charge in [-0.1, -0.05) is 24.3 Å². The van der Waals surface area contributed by atoms with E-state index in [4.69, 9.17) is 4.74 Å². The highest BCUT2D eigenvalue weighted by Gasteiger charge is 2.37. The van der Waals surface area contributed by atoms with E-state index in [-0.39, 0.29) is 5.97 Å². The molecule has 2 aromatic rings. The van der Waals surface area contributed by atoms with Crippen LogP contribution in [0.5, 0.6) is 0 Å². The third-order valence-corrected chi connectivity index (χ3v) is 4.07. The van der Waals surface area contributed by atoms with Crippen LogP contribution in [0.4, 0.5) is 0 Å². The third kappa shape index (κ3) is 2.88. The summed E-state index contributed by atoms with van der Waals surface area (Å²) in [4.78, 5) is 16.0. The summed E-state index contributed by atoms with van der Waals surface area (Å²) in [5.74, 6) is -0.802. The number of carbonyl (C=O) groups is 1. The number of esters is 1. The summed E-state index contributed by atoms with van der Waals surface area (Å²) in [5.41, 5.74) is 4.10. The Morgan fingerprint density at radius 3 is 2.95 bits per heavy atom. The number of ether oxygens (including phenoxy) is 1. The number of hydrogen-bond acceptors (Lipinski definition) is 4. The van der Waals surface area contributed by atoms with Gasteiger partial charge in [0.05, 0.1) is 18.6 Å². The van der Waals surface area contributed by atoms with E-state index >= 15 is 0 Å². The molecule has 0 spiro atoms. The fourth-order valence-electron chi connectivity index (χ4n) is 2.98. The molecule has 0 fully saturated rings. The lowest BCUT2D eigenvalue weighted by Crippen LogP contribution is -2.21. The van der Waals surface area contributed by atoms with Crippen molar-refractivity contribution in [3.8, 4) is 0 Å². The molecule has 0 amide bonds. The first kappa shape index (κ1) is 14.7. The van der Waals surface area contributed by atoms with Gasteiger partial charge < -0.3 is 9.84 Å². The molecule has 1 aliphatic carbocycles. The summed E-state index contributed by atoms with van der Waals surface area (Å²) in [6.07, 6.45) is 4.12. The minimum absolute atomic E-state index is 0.319. The molecule has 1 heterocycles. The second kappa shape index (κ2) is 6.28. The molecule has 0 saturated carbocycles. The number of rotatable bonds is 4. The van der Waals surface area contributed by atoms with Gasteiger partial charge >= 0.3 is 5.97 Å². The second-order valence-corrected chi connectivity index (χ2v) is 5.58. The predicted octanol–water partition coefficient (Wildman–Crippen LogP) is 2.44. The average Bonchev–Trinajstić information content (AvgIpc) is 2.86. The van der Waals surface area contributed by atoms with E-state index < -0.39 is 12.0 Å². The summed E-state index contributed by atoms with van der Waals surface area (Å²) in [7, 11) is 0. The normalized spacial score (nSPS) is 19.7. The Morgan fingerprint density at radius 1 is 1.36 bits per heavy atom. The van der Waals surface area contributed by atoms with Gasteiger partial charge in [0.15, 0.2) is 0 Å². The number of fused-ring (bicyclic) bond motifs is 1. The molecule has 1 N–H and O–H groups in total. The molecule has 114 valence electrons. The smallest absolute Gasteiger partial charge is 0.312 e. The summed E-state index contributed by atoms with van der Waals surface area (Å²) >= 11 is 0. The quantitative estimate of drug-likeness (QED) is 0.881. The summed E-state index contributed by atoms with van der Waals surface area (Å²) < 4.78 is 5.05. The van der Waals surface area contributed by atoms with E-state index in [2.05, 4.69) is 4.98 Å². The Hall–Kier alpha value is -2.20. The van der Waals surface area contributed by atoms with Crippen LogP contribution in [0, 0.1) is 5.92 Å². The van der Waals surface area contributed by atoms with Crippen molar-refractivity contribution in [2.45, 2.75) is 25.9 Å². The number of carbonyl (C=O) groups excluding carboxylic acids is 1. The van der Waals surface area contributed by atoms with E-state index in [0.717, 1.165) is 28.7 Å². The van der Waals surface area contributed by atoms with Gasteiger partial charge in [0.1, 0.15) is 0 Å². The standard InChI is InChI=1S/C18H19NO3/c1-2-22-18(21)16-10-14-6-5-12(9-15(14)17(16)20)8-13-4-3-7-19-11-13/h3-7,9,11,16-17,20H,2,8,10H2,1H3. The van der Waals surface area contributed by atoms with E-state index in [0.29, 0.717) is 13.0 Å². The van der Waals surface area contributed by atoms with Crippen LogP contribution >= 0.6 is 0 Å². The maximum atomic E-state index is 11.9. The molecule has 2 atom stereocenters. The number of nitrogens with zero attached hydrogens (tertiary/aromatic N) is 1. The first-order valence-electron chi connectivity index (χ1n) is 7.54. The fourth-order valence-corrected chi connectivity index (χ4v) is 2.98. The van der Waals surface area contributed by atoms with Crippen LogP contribution in [0.2, 0.25) is 0 Å². The van der Waals surface area contributed by atoms with Crippen LogP contribution in [0.25, 0.3) is 0 Å². The Kier molecular flexibility index (Phi) is 4.20. The lowest BCUT2D eigenvalue weighted by Gasteiger charge is -2.13. The van der Waals surface area contributed by atoms with E-state index in [1.54, 1.807) is 13.1 Å². The topological polar surface area (TPSA) is 59.4 Å². The molecule has 1 aromatic heterocycles. The van der Waals surface area contributed by atoms with Crippen molar-refractivity contribution in [2.75, 3.05) is 6.61 Å². The van der Waals surface area contributed by atoms with Gasteiger partial charge in [-0.05, 0) is 48.1 Å². The molecule has 0 saturated heterocycles. The number of aliphatic hydroxyl groups is 1. The molecular formula is C18H19NO3. The maximum Gasteiger partial charge on any atom is 0.312 e. The number of benzene rings is 1. The monoisotopic (exact) mass is 297 g/mol. The Balaban J connectivity index is 1.80. The van der Waals surface area contributed by atoms with Gasteiger partial charge in [0.2, 0.25) is 0 Å². The molecule has 2 unspecified atom stereocenters. The zero-order valence-corrected chi connectivity index (χ0v) is 12.5. The van der Waals surface area contributed by atoms with Crippen LogP contribution in [-0.4, -0.2) is 22.7 Å². The Bertz CT molecular complexity index is 669. The van der Waals surface area contributed by atoms with Gasteiger partial charge in [-0.3, -0.25) is 9.78 Å². The van der Waals surface area contributed by atoms with Crippen molar-refractivity contribution < 1.29 is 14.6 Å². The van der Waals surface area contributed by atoms with Crippen molar-refractivity contribution in [2.24, 2.45) is 5.92 Å². The maximum absolute atomic E-state index is 11.9. The number of pyridine rings is 1. The van der Waals surface area contributed by atoms with Crippen LogP contribution in [0.1, 0.15) is 35.3 Å². The summed E-state index contributed by atoms with van der Waals surface area (Å²) in [6.45, 7) is 2.11. The Morgan fingerprint density at radius 2 is 2.23 bits per heavy atom. The summed E-state index contributed by atoms with van der Waals surface area (Å²) in [5, 5.41) is 10.4. The van der Waals surface area contributed by atoms with E-state index in [1.165, 1.54) is 0 Å². The van der Waals surface area contributed by atoms with Gasteiger partial charge in [-0.25, -0.2) is 0 Å². The van der Waals surface area contributed by atoms with Crippen LogP contribution in [0.15, 0.2) is 42.7 Å². The number of aromatic nitrogens is 1. The average molecular weight is 297 g/mol. The number of aliphatic hydroxyl groups excluding tert-OH is 1. The third-order valence-electron chi connectivity index (χ3n) is 4.07. The van der Waals surface area contributed by atoms with Crippen LogP contribution < -0.4 is 0 Å². The van der Waals surface area contributed by atoms with Gasteiger partial charge in [0.25, 0.3) is 0 Å². The SMILES string of the molecule is CCOC(=O)C1Cc2ccc(Cc3cccnc3)cc2C1O. The second-order valence-electron chi connectivity index (χ2n) is 5.58. The molecule has 0 aliphatic heterocycles. The first-order chi connectivity index (χ1) is 10.7. The molecule has 1 aliphatic rings. The summed E-state index contributed by atoms with van der Waals surface area (Å²) in [6, 6.07) is 9.98. The highest BCUT2D eigenvalue weighted by molar-refractivity contribution is 5.75. The van der Waals surface area contributed by atoms with Crippen molar-refractivity contribution >= 4 is 5.97 Å². The van der Waals surface area contributed by atoms with Crippen LogP contribution in [-0.2, 0) is 22.4 Å². The van der Waals surface area contributed by atoms with Crippen molar-refractivity contribution in [1.82, 2.24) is 4.98 Å².